The monoisotopic (exact) mass is 300 g/mol. The number of nitrogens with one attached hydrogen (secondary N) is 1. The zero-order chi connectivity index (χ0) is 14.7. The smallest absolute Gasteiger partial charge is 0.326 e. The van der Waals surface area contributed by atoms with E-state index in [2.05, 4.69) is 12.2 Å². The summed E-state index contributed by atoms with van der Waals surface area (Å²) in [6.07, 6.45) is 3.92. The number of aliphatic carboxylic acids is 1. The van der Waals surface area contributed by atoms with E-state index in [0.29, 0.717) is 11.8 Å². The molecule has 20 heavy (non-hydrogen) atoms. The van der Waals surface area contributed by atoms with E-state index in [1.54, 1.807) is 0 Å². The van der Waals surface area contributed by atoms with Crippen molar-refractivity contribution >= 4 is 23.8 Å². The van der Waals surface area contributed by atoms with Crippen LogP contribution in [0.25, 0.3) is 0 Å². The number of carboxylic acids is 1. The Balaban J connectivity index is 1.87. The van der Waals surface area contributed by atoms with Crippen LogP contribution in [-0.4, -0.2) is 51.6 Å². The number of carbonyl (C=O) groups is 2. The van der Waals surface area contributed by atoms with Gasteiger partial charge in [-0.05, 0) is 37.4 Å². The number of thioether (sulfide) groups is 1. The van der Waals surface area contributed by atoms with Gasteiger partial charge in [-0.15, -0.1) is 0 Å². The van der Waals surface area contributed by atoms with Gasteiger partial charge in [0.2, 0.25) is 0 Å². The average Bonchev–Trinajstić information content (AvgIpc) is 2.96. The van der Waals surface area contributed by atoms with Crippen molar-refractivity contribution < 1.29 is 14.7 Å². The first-order chi connectivity index (χ1) is 9.52. The van der Waals surface area contributed by atoms with E-state index >= 15 is 0 Å². The molecular weight excluding hydrogens is 276 g/mol. The van der Waals surface area contributed by atoms with Gasteiger partial charge in [0.25, 0.3) is 0 Å². The molecule has 1 aliphatic carbocycles. The summed E-state index contributed by atoms with van der Waals surface area (Å²) >= 11 is 1.95. The Morgan fingerprint density at radius 1 is 1.35 bits per heavy atom. The molecule has 4 atom stereocenters. The van der Waals surface area contributed by atoms with E-state index in [0.717, 1.165) is 31.4 Å². The van der Waals surface area contributed by atoms with E-state index in [-0.39, 0.29) is 18.0 Å². The quantitative estimate of drug-likeness (QED) is 0.835. The highest BCUT2D eigenvalue weighted by molar-refractivity contribution is 7.99. The lowest BCUT2D eigenvalue weighted by Gasteiger charge is -2.25. The lowest BCUT2D eigenvalue weighted by atomic mass is 10.0. The van der Waals surface area contributed by atoms with E-state index < -0.39 is 12.0 Å². The van der Waals surface area contributed by atoms with Crippen LogP contribution < -0.4 is 5.32 Å². The van der Waals surface area contributed by atoms with Crippen molar-refractivity contribution in [1.82, 2.24) is 10.2 Å². The van der Waals surface area contributed by atoms with Crippen LogP contribution in [0.2, 0.25) is 0 Å². The first-order valence-electron chi connectivity index (χ1n) is 7.44. The zero-order valence-corrected chi connectivity index (χ0v) is 13.0. The molecule has 0 spiro atoms. The highest BCUT2D eigenvalue weighted by Gasteiger charge is 2.40. The molecule has 4 unspecified atom stereocenters. The van der Waals surface area contributed by atoms with E-state index in [1.165, 1.54) is 4.90 Å². The van der Waals surface area contributed by atoms with Gasteiger partial charge in [-0.2, -0.15) is 11.8 Å². The summed E-state index contributed by atoms with van der Waals surface area (Å²) in [5.74, 6) is 0.247. The second kappa shape index (κ2) is 6.70. The summed E-state index contributed by atoms with van der Waals surface area (Å²) in [5, 5.41) is 12.9. The molecule has 2 rings (SSSR count). The molecule has 2 aliphatic rings. The fraction of sp³-hybridized carbons (Fsp3) is 0.857. The summed E-state index contributed by atoms with van der Waals surface area (Å²) in [6.45, 7) is 4.60. The van der Waals surface area contributed by atoms with Crippen LogP contribution in [0.4, 0.5) is 4.79 Å². The highest BCUT2D eigenvalue weighted by atomic mass is 32.2. The molecule has 6 heteroatoms. The molecule has 2 fully saturated rings. The fourth-order valence-electron chi connectivity index (χ4n) is 3.27. The van der Waals surface area contributed by atoms with Crippen molar-refractivity contribution in [1.29, 1.82) is 0 Å². The molecule has 1 saturated heterocycles. The van der Waals surface area contributed by atoms with Crippen molar-refractivity contribution in [3.8, 4) is 0 Å². The Morgan fingerprint density at radius 3 is 2.75 bits per heavy atom. The minimum atomic E-state index is -0.893. The van der Waals surface area contributed by atoms with Gasteiger partial charge < -0.3 is 15.3 Å². The molecule has 2 N–H and O–H groups in total. The van der Waals surface area contributed by atoms with Crippen LogP contribution in [0.5, 0.6) is 0 Å². The van der Waals surface area contributed by atoms with Crippen molar-refractivity contribution in [2.75, 3.05) is 12.3 Å². The Labute approximate surface area is 124 Å². The Morgan fingerprint density at radius 2 is 2.10 bits per heavy atom. The van der Waals surface area contributed by atoms with E-state index in [9.17, 15) is 14.7 Å². The number of carbonyl (C=O) groups excluding carboxylic acids is 1. The molecule has 0 aromatic heterocycles. The van der Waals surface area contributed by atoms with Gasteiger partial charge in [-0.25, -0.2) is 9.59 Å². The van der Waals surface area contributed by atoms with E-state index in [4.69, 9.17) is 0 Å². The van der Waals surface area contributed by atoms with Crippen LogP contribution in [0, 0.1) is 5.92 Å². The van der Waals surface area contributed by atoms with Crippen LogP contribution >= 0.6 is 11.8 Å². The molecule has 2 amide bonds. The second-order valence-electron chi connectivity index (χ2n) is 5.78. The highest BCUT2D eigenvalue weighted by Crippen LogP contribution is 2.30. The predicted octanol–water partition coefficient (Wildman–Crippen LogP) is 2.17. The number of likely N-dealkylation sites (tertiary alicyclic amines) is 1. The summed E-state index contributed by atoms with van der Waals surface area (Å²) in [4.78, 5) is 25.0. The molecule has 0 aromatic rings. The third-order valence-electron chi connectivity index (χ3n) is 4.33. The van der Waals surface area contributed by atoms with Gasteiger partial charge in [0.1, 0.15) is 6.04 Å². The van der Waals surface area contributed by atoms with Crippen molar-refractivity contribution in [3.63, 3.8) is 0 Å². The number of hydrogen-bond donors (Lipinski definition) is 2. The number of hydrogen-bond acceptors (Lipinski definition) is 3. The van der Waals surface area contributed by atoms with Crippen LogP contribution in [0.15, 0.2) is 0 Å². The standard InChI is InChI=1S/C14H24N2O3S/c1-3-20-11-5-4-10(8-11)15-14(19)16-7-6-9(2)12(16)13(17)18/h9-12H,3-8H2,1-2H3,(H,15,19)(H,17,18). The minimum absolute atomic E-state index is 0.0326. The molecule has 0 aromatic carbocycles. The molecule has 1 heterocycles. The SMILES string of the molecule is CCSC1CCC(NC(=O)N2CCC(C)C2C(=O)O)C1. The zero-order valence-electron chi connectivity index (χ0n) is 12.2. The van der Waals surface area contributed by atoms with Gasteiger partial charge in [0, 0.05) is 17.8 Å². The maximum Gasteiger partial charge on any atom is 0.326 e. The van der Waals surface area contributed by atoms with Crippen LogP contribution in [0.1, 0.15) is 39.5 Å². The van der Waals surface area contributed by atoms with Gasteiger partial charge in [0.15, 0.2) is 0 Å². The molecule has 1 saturated carbocycles. The molecule has 0 radical (unpaired) electrons. The normalized spacial score (nSPS) is 33.4. The van der Waals surface area contributed by atoms with Gasteiger partial charge >= 0.3 is 12.0 Å². The number of urea groups is 1. The van der Waals surface area contributed by atoms with Gasteiger partial charge in [0.05, 0.1) is 0 Å². The first kappa shape index (κ1) is 15.5. The largest absolute Gasteiger partial charge is 0.480 e. The van der Waals surface area contributed by atoms with Crippen LogP contribution in [-0.2, 0) is 4.79 Å². The number of carboxylic acid groups (broad SMARTS) is 1. The van der Waals surface area contributed by atoms with Gasteiger partial charge in [-0.1, -0.05) is 13.8 Å². The average molecular weight is 300 g/mol. The maximum atomic E-state index is 12.3. The third-order valence-corrected chi connectivity index (χ3v) is 5.56. The van der Waals surface area contributed by atoms with E-state index in [1.807, 2.05) is 18.7 Å². The van der Waals surface area contributed by atoms with Crippen molar-refractivity contribution in [3.05, 3.63) is 0 Å². The summed E-state index contributed by atoms with van der Waals surface area (Å²) in [6, 6.07) is -0.664. The first-order valence-corrected chi connectivity index (χ1v) is 8.49. The van der Waals surface area contributed by atoms with Gasteiger partial charge in [-0.3, -0.25) is 0 Å². The lowest BCUT2D eigenvalue weighted by Crippen LogP contribution is -2.49. The molecule has 0 bridgehead atoms. The Hall–Kier alpha value is -0.910. The summed E-state index contributed by atoms with van der Waals surface area (Å²) < 4.78 is 0. The topological polar surface area (TPSA) is 69.6 Å². The van der Waals surface area contributed by atoms with Crippen molar-refractivity contribution in [2.24, 2.45) is 5.92 Å². The molecule has 1 aliphatic heterocycles. The fourth-order valence-corrected chi connectivity index (χ4v) is 4.41. The summed E-state index contributed by atoms with van der Waals surface area (Å²) in [5.41, 5.74) is 0. The second-order valence-corrected chi connectivity index (χ2v) is 7.36. The Bertz CT molecular complexity index is 377. The number of amides is 2. The molecule has 5 nitrogen and oxygen atoms in total. The van der Waals surface area contributed by atoms with Crippen LogP contribution in [0.3, 0.4) is 0 Å². The third kappa shape index (κ3) is 3.40. The maximum absolute atomic E-state index is 12.3. The Kier molecular flexibility index (Phi) is 5.18. The van der Waals surface area contributed by atoms with Crippen molar-refractivity contribution in [2.45, 2.75) is 56.9 Å². The number of rotatable bonds is 4. The predicted molar refractivity (Wildman–Crippen MR) is 80.0 cm³/mol. The number of nitrogens with zero attached hydrogens (tertiary/aromatic N) is 1. The molecular formula is C14H24N2O3S. The summed E-state index contributed by atoms with van der Waals surface area (Å²) in [7, 11) is 0. The molecule has 114 valence electrons. The lowest BCUT2D eigenvalue weighted by molar-refractivity contribution is -0.142. The minimum Gasteiger partial charge on any atom is -0.480 e.